The van der Waals surface area contributed by atoms with E-state index >= 15 is 0 Å². The molecule has 3 aromatic carbocycles. The number of hydrogen-bond acceptors (Lipinski definition) is 7. The second-order valence-electron chi connectivity index (χ2n) is 9.78. The first-order valence-corrected chi connectivity index (χ1v) is 15.0. The number of aryl methyl sites for hydroxylation is 1. The third-order valence-corrected chi connectivity index (χ3v) is 9.40. The maximum Gasteiger partial charge on any atom is 0.336 e. The summed E-state index contributed by atoms with van der Waals surface area (Å²) in [6.45, 7) is 0. The van der Waals surface area contributed by atoms with Crippen LogP contribution < -0.4 is 10.6 Å². The van der Waals surface area contributed by atoms with Crippen molar-refractivity contribution >= 4 is 57.5 Å². The molecule has 0 saturated heterocycles. The minimum absolute atomic E-state index is 0.191. The van der Waals surface area contributed by atoms with E-state index in [1.165, 1.54) is 29.2 Å². The summed E-state index contributed by atoms with van der Waals surface area (Å²) in [6, 6.07) is 21.6. The Hall–Kier alpha value is -4.92. The highest BCUT2D eigenvalue weighted by atomic mass is 32.2. The maximum absolute atomic E-state index is 13.7. The Morgan fingerprint density at radius 1 is 0.860 bits per heavy atom. The third kappa shape index (κ3) is 6.61. The van der Waals surface area contributed by atoms with E-state index in [2.05, 4.69) is 16.7 Å². The van der Waals surface area contributed by atoms with Crippen molar-refractivity contribution in [1.29, 1.82) is 5.26 Å². The normalized spacial score (nSPS) is 12.8. The molecule has 1 unspecified atom stereocenters. The fourth-order valence-electron chi connectivity index (χ4n) is 4.88. The number of carboxylic acid groups (broad SMARTS) is 2. The van der Waals surface area contributed by atoms with Crippen molar-refractivity contribution in [3.8, 4) is 6.07 Å². The number of benzene rings is 3. The molecule has 0 saturated carbocycles. The average Bonchev–Trinajstić information content (AvgIpc) is 3.36. The maximum atomic E-state index is 13.7. The van der Waals surface area contributed by atoms with Gasteiger partial charge in [-0.25, -0.2) is 9.59 Å². The van der Waals surface area contributed by atoms with Crippen LogP contribution >= 0.6 is 23.1 Å². The van der Waals surface area contributed by atoms with E-state index < -0.39 is 28.7 Å². The zero-order chi connectivity index (χ0) is 30.5. The molecule has 0 radical (unpaired) electrons. The zero-order valence-corrected chi connectivity index (χ0v) is 24.3. The van der Waals surface area contributed by atoms with Crippen molar-refractivity contribution in [1.82, 2.24) is 0 Å². The summed E-state index contributed by atoms with van der Waals surface area (Å²) in [7, 11) is 0. The molecule has 4 aromatic rings. The van der Waals surface area contributed by atoms with Crippen LogP contribution in [0.2, 0.25) is 0 Å². The monoisotopic (exact) mass is 611 g/mol. The van der Waals surface area contributed by atoms with Crippen LogP contribution in [0.1, 0.15) is 70.7 Å². The topological polar surface area (TPSA) is 157 Å². The Labute approximate surface area is 255 Å². The largest absolute Gasteiger partial charge is 0.478 e. The van der Waals surface area contributed by atoms with Crippen LogP contribution in [-0.4, -0.2) is 34.0 Å². The lowest BCUT2D eigenvalue weighted by Crippen LogP contribution is -2.19. The van der Waals surface area contributed by atoms with E-state index in [1.807, 2.05) is 30.3 Å². The second kappa shape index (κ2) is 12.9. The van der Waals surface area contributed by atoms with Crippen LogP contribution in [0.15, 0.2) is 77.7 Å². The molecule has 1 aliphatic rings. The molecular formula is C32H25N3O6S2. The van der Waals surface area contributed by atoms with Gasteiger partial charge in [-0.15, -0.1) is 23.1 Å². The molecule has 11 heteroatoms. The number of nitriles is 1. The number of hydrogen-bond donors (Lipinski definition) is 4. The molecule has 1 heterocycles. The van der Waals surface area contributed by atoms with Gasteiger partial charge < -0.3 is 20.8 Å². The zero-order valence-electron chi connectivity index (χ0n) is 22.6. The number of carbonyl (C=O) groups is 4. The SMILES string of the molecule is N#Cc1c(NC(=O)C(Sc2cccc(NC(=O)c3ccc(C(=O)O)cc3C(=O)O)c2)c2ccccc2)sc2c1CCCC2. The molecule has 1 atom stereocenters. The van der Waals surface area contributed by atoms with Crippen LogP contribution in [0.3, 0.4) is 0 Å². The highest BCUT2D eigenvalue weighted by Gasteiger charge is 2.27. The smallest absolute Gasteiger partial charge is 0.336 e. The minimum Gasteiger partial charge on any atom is -0.478 e. The third-order valence-electron chi connectivity index (χ3n) is 6.95. The summed E-state index contributed by atoms with van der Waals surface area (Å²) in [4.78, 5) is 51.5. The highest BCUT2D eigenvalue weighted by molar-refractivity contribution is 8.00. The average molecular weight is 612 g/mol. The molecule has 5 rings (SSSR count). The van der Waals surface area contributed by atoms with E-state index in [0.29, 0.717) is 21.1 Å². The highest BCUT2D eigenvalue weighted by Crippen LogP contribution is 2.41. The summed E-state index contributed by atoms with van der Waals surface area (Å²) in [5.41, 5.74) is 1.81. The first-order valence-electron chi connectivity index (χ1n) is 13.3. The van der Waals surface area contributed by atoms with Crippen molar-refractivity contribution in [2.24, 2.45) is 0 Å². The quantitative estimate of drug-likeness (QED) is 0.154. The Morgan fingerprint density at radius 3 is 2.35 bits per heavy atom. The Kier molecular flexibility index (Phi) is 8.90. The number of anilines is 2. The number of aromatic carboxylic acids is 2. The van der Waals surface area contributed by atoms with Gasteiger partial charge in [0.1, 0.15) is 16.3 Å². The van der Waals surface area contributed by atoms with Crippen LogP contribution in [0, 0.1) is 11.3 Å². The number of nitrogens with one attached hydrogen (secondary N) is 2. The summed E-state index contributed by atoms with van der Waals surface area (Å²) in [5, 5.41) is 34.1. The van der Waals surface area contributed by atoms with Gasteiger partial charge in [-0.2, -0.15) is 5.26 Å². The fourth-order valence-corrected chi connectivity index (χ4v) is 7.21. The predicted octanol–water partition coefficient (Wildman–Crippen LogP) is 6.62. The van der Waals surface area contributed by atoms with E-state index in [9.17, 15) is 34.7 Å². The van der Waals surface area contributed by atoms with Gasteiger partial charge in [0.15, 0.2) is 0 Å². The molecule has 1 aliphatic carbocycles. The predicted molar refractivity (Wildman–Crippen MR) is 164 cm³/mol. The van der Waals surface area contributed by atoms with Crippen molar-refractivity contribution in [2.45, 2.75) is 35.8 Å². The molecule has 0 fully saturated rings. The van der Waals surface area contributed by atoms with Crippen LogP contribution in [0.25, 0.3) is 0 Å². The lowest BCUT2D eigenvalue weighted by atomic mass is 9.96. The second-order valence-corrected chi connectivity index (χ2v) is 12.1. The standard InChI is InChI=1S/C32H25N3O6S2/c33-17-25-22-11-4-5-12-26(22)43-30(25)35-29(37)27(18-7-2-1-3-8-18)42-21-10-6-9-20(16-21)34-28(36)23-14-13-19(31(38)39)15-24(23)32(40)41/h1-3,6-10,13-16,27H,4-5,11-12H2,(H,34,36)(H,35,37)(H,38,39)(H,40,41). The van der Waals surface area contributed by atoms with E-state index in [0.717, 1.165) is 53.8 Å². The van der Waals surface area contributed by atoms with Crippen LogP contribution in [-0.2, 0) is 17.6 Å². The van der Waals surface area contributed by atoms with Gasteiger partial charge in [0, 0.05) is 15.5 Å². The molecule has 2 amide bonds. The van der Waals surface area contributed by atoms with E-state index in [4.69, 9.17) is 0 Å². The molecule has 1 aromatic heterocycles. The lowest BCUT2D eigenvalue weighted by Gasteiger charge is -2.17. The Morgan fingerprint density at radius 2 is 1.63 bits per heavy atom. The van der Waals surface area contributed by atoms with Crippen LogP contribution in [0.4, 0.5) is 10.7 Å². The molecule has 43 heavy (non-hydrogen) atoms. The molecular weight excluding hydrogens is 587 g/mol. The van der Waals surface area contributed by atoms with Gasteiger partial charge in [-0.3, -0.25) is 9.59 Å². The van der Waals surface area contributed by atoms with E-state index in [1.54, 1.807) is 24.3 Å². The number of rotatable bonds is 9. The molecule has 9 nitrogen and oxygen atoms in total. The van der Waals surface area contributed by atoms with Gasteiger partial charge in [-0.05, 0) is 73.2 Å². The Balaban J connectivity index is 1.39. The summed E-state index contributed by atoms with van der Waals surface area (Å²) in [6.07, 6.45) is 3.81. The van der Waals surface area contributed by atoms with Gasteiger partial charge in [0.25, 0.3) is 5.91 Å². The fraction of sp³-hybridized carbons (Fsp3) is 0.156. The van der Waals surface area contributed by atoms with E-state index in [-0.39, 0.29) is 17.0 Å². The summed E-state index contributed by atoms with van der Waals surface area (Å²) in [5.74, 6) is -3.75. The summed E-state index contributed by atoms with van der Waals surface area (Å²) < 4.78 is 0. The van der Waals surface area contributed by atoms with Crippen molar-refractivity contribution in [3.05, 3.63) is 111 Å². The minimum atomic E-state index is -1.43. The molecule has 216 valence electrons. The summed E-state index contributed by atoms with van der Waals surface area (Å²) >= 11 is 2.73. The first kappa shape index (κ1) is 29.6. The van der Waals surface area contributed by atoms with Crippen molar-refractivity contribution in [3.63, 3.8) is 0 Å². The number of nitrogens with zero attached hydrogens (tertiary/aromatic N) is 1. The number of carboxylic acids is 2. The number of thioether (sulfide) groups is 1. The molecule has 0 aliphatic heterocycles. The number of fused-ring (bicyclic) bond motifs is 1. The lowest BCUT2D eigenvalue weighted by molar-refractivity contribution is -0.115. The van der Waals surface area contributed by atoms with Gasteiger partial charge >= 0.3 is 11.9 Å². The van der Waals surface area contributed by atoms with Gasteiger partial charge in [-0.1, -0.05) is 36.4 Å². The molecule has 0 spiro atoms. The number of carbonyl (C=O) groups excluding carboxylic acids is 2. The van der Waals surface area contributed by atoms with Crippen molar-refractivity contribution in [2.75, 3.05) is 10.6 Å². The number of amides is 2. The van der Waals surface area contributed by atoms with Gasteiger partial charge in [0.05, 0.1) is 22.3 Å². The molecule has 4 N–H and O–H groups in total. The van der Waals surface area contributed by atoms with Gasteiger partial charge in [0.2, 0.25) is 5.91 Å². The molecule has 0 bridgehead atoms. The van der Waals surface area contributed by atoms with Crippen LogP contribution in [0.5, 0.6) is 0 Å². The number of thiophene rings is 1. The van der Waals surface area contributed by atoms with Crippen molar-refractivity contribution < 1.29 is 29.4 Å². The first-order chi connectivity index (χ1) is 20.7. The Bertz CT molecular complexity index is 1780.